The molecule has 7 heteroatoms. The van der Waals surface area contributed by atoms with Gasteiger partial charge in [0.05, 0.1) is 0 Å². The molecular weight excluding hydrogens is 290 g/mol. The molecule has 2 saturated heterocycles. The summed E-state index contributed by atoms with van der Waals surface area (Å²) in [4.78, 5) is 0. The highest BCUT2D eigenvalue weighted by molar-refractivity contribution is 7.87. The third-order valence-electron chi connectivity index (χ3n) is 4.48. The molecule has 0 aliphatic carbocycles. The second kappa shape index (κ2) is 7.37. The van der Waals surface area contributed by atoms with Crippen molar-refractivity contribution in [2.24, 2.45) is 5.92 Å². The Morgan fingerprint density at radius 3 is 2.71 bits per heavy atom. The van der Waals surface area contributed by atoms with Crippen LogP contribution >= 0.6 is 0 Å². The normalized spacial score (nSPS) is 27.6. The highest BCUT2D eigenvalue weighted by Crippen LogP contribution is 2.24. The Kier molecular flexibility index (Phi) is 6.02. The van der Waals surface area contributed by atoms with E-state index in [1.54, 1.807) is 4.31 Å². The van der Waals surface area contributed by atoms with Gasteiger partial charge in [0.25, 0.3) is 10.2 Å². The van der Waals surface area contributed by atoms with Gasteiger partial charge < -0.3 is 10.1 Å². The van der Waals surface area contributed by atoms with Gasteiger partial charge in [-0.1, -0.05) is 6.92 Å². The van der Waals surface area contributed by atoms with E-state index >= 15 is 0 Å². The van der Waals surface area contributed by atoms with Crippen molar-refractivity contribution in [3.8, 4) is 0 Å². The average molecular weight is 319 g/mol. The number of piperidine rings is 1. The molecule has 0 aromatic heterocycles. The van der Waals surface area contributed by atoms with E-state index in [0.29, 0.717) is 32.2 Å². The quantitative estimate of drug-likeness (QED) is 0.756. The van der Waals surface area contributed by atoms with Crippen LogP contribution in [0.1, 0.15) is 39.5 Å². The minimum atomic E-state index is -3.40. The highest BCUT2D eigenvalue weighted by Gasteiger charge is 2.36. The lowest BCUT2D eigenvalue weighted by molar-refractivity contribution is 0.0529. The number of hydrogen-bond acceptors (Lipinski definition) is 4. The summed E-state index contributed by atoms with van der Waals surface area (Å²) < 4.78 is 35.1. The van der Waals surface area contributed by atoms with Crippen LogP contribution in [0.2, 0.25) is 0 Å². The number of nitrogens with zero attached hydrogens (tertiary/aromatic N) is 1. The number of nitrogens with one attached hydrogen (secondary N) is 2. The van der Waals surface area contributed by atoms with Gasteiger partial charge >= 0.3 is 0 Å². The third kappa shape index (κ3) is 4.89. The molecule has 21 heavy (non-hydrogen) atoms. The first-order valence-corrected chi connectivity index (χ1v) is 9.47. The van der Waals surface area contributed by atoms with E-state index in [2.05, 4.69) is 17.0 Å². The van der Waals surface area contributed by atoms with E-state index in [1.165, 1.54) is 0 Å². The maximum atomic E-state index is 12.6. The predicted octanol–water partition coefficient (Wildman–Crippen LogP) is 0.711. The van der Waals surface area contributed by atoms with E-state index in [0.717, 1.165) is 38.8 Å². The summed E-state index contributed by atoms with van der Waals surface area (Å²) in [6.07, 6.45) is 3.52. The molecule has 2 aliphatic heterocycles. The second-order valence-corrected chi connectivity index (χ2v) is 8.12. The van der Waals surface area contributed by atoms with Crippen molar-refractivity contribution in [3.63, 3.8) is 0 Å². The number of ether oxygens (including phenoxy) is 1. The molecular formula is C14H29N3O3S. The van der Waals surface area contributed by atoms with Gasteiger partial charge in [0, 0.05) is 31.8 Å². The number of rotatable bonds is 6. The summed E-state index contributed by atoms with van der Waals surface area (Å²) >= 11 is 0. The standard InChI is InChI=1S/C14H29N3O3S/c1-3-15-11-13-5-4-8-17(12-13)21(18,19)16-14(2)6-9-20-10-7-14/h13,15-16H,3-12H2,1-2H3. The highest BCUT2D eigenvalue weighted by atomic mass is 32.2. The summed E-state index contributed by atoms with van der Waals surface area (Å²) in [7, 11) is -3.40. The Balaban J connectivity index is 1.94. The SMILES string of the molecule is CCNCC1CCCN(S(=O)(=O)NC2(C)CCOCC2)C1. The lowest BCUT2D eigenvalue weighted by Crippen LogP contribution is -2.56. The molecule has 0 radical (unpaired) electrons. The molecule has 0 saturated carbocycles. The Hall–Kier alpha value is -0.210. The Morgan fingerprint density at radius 1 is 1.33 bits per heavy atom. The van der Waals surface area contributed by atoms with Crippen LogP contribution in [0.25, 0.3) is 0 Å². The van der Waals surface area contributed by atoms with Crippen molar-refractivity contribution in [1.29, 1.82) is 0 Å². The molecule has 1 atom stereocenters. The van der Waals surface area contributed by atoms with Crippen molar-refractivity contribution in [1.82, 2.24) is 14.3 Å². The monoisotopic (exact) mass is 319 g/mol. The van der Waals surface area contributed by atoms with Crippen molar-refractivity contribution in [2.75, 3.05) is 39.4 Å². The first kappa shape index (κ1) is 17.1. The van der Waals surface area contributed by atoms with Crippen LogP contribution in [0.3, 0.4) is 0 Å². The van der Waals surface area contributed by atoms with Crippen molar-refractivity contribution in [2.45, 2.75) is 45.1 Å². The fourth-order valence-corrected chi connectivity index (χ4v) is 4.79. The summed E-state index contributed by atoms with van der Waals surface area (Å²) in [5, 5.41) is 3.32. The first-order chi connectivity index (χ1) is 9.95. The fourth-order valence-electron chi connectivity index (χ4n) is 3.06. The summed E-state index contributed by atoms with van der Waals surface area (Å²) in [6, 6.07) is 0. The number of hydrogen-bond donors (Lipinski definition) is 2. The van der Waals surface area contributed by atoms with Gasteiger partial charge in [0.2, 0.25) is 0 Å². The van der Waals surface area contributed by atoms with Crippen LogP contribution in [-0.4, -0.2) is 57.7 Å². The molecule has 124 valence electrons. The minimum absolute atomic E-state index is 0.369. The Bertz CT molecular complexity index is 421. The van der Waals surface area contributed by atoms with E-state index < -0.39 is 10.2 Å². The van der Waals surface area contributed by atoms with Crippen LogP contribution in [0.15, 0.2) is 0 Å². The second-order valence-electron chi connectivity index (χ2n) is 6.45. The molecule has 2 heterocycles. The Morgan fingerprint density at radius 2 is 2.05 bits per heavy atom. The largest absolute Gasteiger partial charge is 0.381 e. The maximum Gasteiger partial charge on any atom is 0.279 e. The molecule has 0 bridgehead atoms. The molecule has 2 fully saturated rings. The molecule has 2 N–H and O–H groups in total. The van der Waals surface area contributed by atoms with Crippen molar-refractivity contribution < 1.29 is 13.2 Å². The lowest BCUT2D eigenvalue weighted by atomic mass is 9.94. The summed E-state index contributed by atoms with van der Waals surface area (Å²) in [5.74, 6) is 0.415. The Labute approximate surface area is 128 Å². The minimum Gasteiger partial charge on any atom is -0.381 e. The molecule has 1 unspecified atom stereocenters. The molecule has 6 nitrogen and oxygen atoms in total. The zero-order valence-corrected chi connectivity index (χ0v) is 14.0. The van der Waals surface area contributed by atoms with Gasteiger partial charge in [-0.15, -0.1) is 0 Å². The topological polar surface area (TPSA) is 70.7 Å². The average Bonchev–Trinajstić information content (AvgIpc) is 2.45. The van der Waals surface area contributed by atoms with Gasteiger partial charge in [-0.3, -0.25) is 0 Å². The maximum absolute atomic E-state index is 12.6. The molecule has 0 amide bonds. The van der Waals surface area contributed by atoms with Crippen LogP contribution in [-0.2, 0) is 14.9 Å². The van der Waals surface area contributed by atoms with Crippen LogP contribution < -0.4 is 10.0 Å². The molecule has 0 aromatic carbocycles. The lowest BCUT2D eigenvalue weighted by Gasteiger charge is -2.38. The van der Waals surface area contributed by atoms with Gasteiger partial charge in [0.1, 0.15) is 0 Å². The predicted molar refractivity (Wildman–Crippen MR) is 83.4 cm³/mol. The molecule has 2 rings (SSSR count). The van der Waals surface area contributed by atoms with Crippen LogP contribution in [0.5, 0.6) is 0 Å². The molecule has 0 aromatic rings. The van der Waals surface area contributed by atoms with Gasteiger partial charge in [-0.25, -0.2) is 0 Å². The fraction of sp³-hybridized carbons (Fsp3) is 1.00. The zero-order chi connectivity index (χ0) is 15.3. The molecule has 2 aliphatic rings. The van der Waals surface area contributed by atoms with Gasteiger partial charge in [-0.2, -0.15) is 17.4 Å². The first-order valence-electron chi connectivity index (χ1n) is 8.03. The summed E-state index contributed by atoms with van der Waals surface area (Å²) in [6.45, 7) is 8.38. The smallest absolute Gasteiger partial charge is 0.279 e. The van der Waals surface area contributed by atoms with E-state index in [1.807, 2.05) is 6.92 Å². The van der Waals surface area contributed by atoms with Gasteiger partial charge in [-0.05, 0) is 51.6 Å². The summed E-state index contributed by atoms with van der Waals surface area (Å²) in [5.41, 5.74) is -0.369. The molecule has 0 spiro atoms. The van der Waals surface area contributed by atoms with Crippen LogP contribution in [0.4, 0.5) is 0 Å². The van der Waals surface area contributed by atoms with Gasteiger partial charge in [0.15, 0.2) is 0 Å². The third-order valence-corrected chi connectivity index (χ3v) is 6.24. The zero-order valence-electron chi connectivity index (χ0n) is 13.2. The van der Waals surface area contributed by atoms with E-state index in [4.69, 9.17) is 4.74 Å². The van der Waals surface area contributed by atoms with E-state index in [9.17, 15) is 8.42 Å². The van der Waals surface area contributed by atoms with Crippen molar-refractivity contribution in [3.05, 3.63) is 0 Å². The van der Waals surface area contributed by atoms with E-state index in [-0.39, 0.29) is 5.54 Å². The van der Waals surface area contributed by atoms with Crippen LogP contribution in [0, 0.1) is 5.92 Å². The van der Waals surface area contributed by atoms with Crippen molar-refractivity contribution >= 4 is 10.2 Å².